The number of nitriles is 1. The number of hydrogen-bond acceptors (Lipinski definition) is 1. The van der Waals surface area contributed by atoms with Crippen LogP contribution in [-0.2, 0) is 0 Å². The van der Waals surface area contributed by atoms with Gasteiger partial charge < -0.3 is 0 Å². The van der Waals surface area contributed by atoms with Crippen LogP contribution in [-0.4, -0.2) is 21.2 Å². The van der Waals surface area contributed by atoms with Gasteiger partial charge in [-0.1, -0.05) is 0 Å². The van der Waals surface area contributed by atoms with Crippen LogP contribution in [0.15, 0.2) is 9.71 Å². The molecule has 0 aromatic rings. The quantitative estimate of drug-likeness (QED) is 0.536. The summed E-state index contributed by atoms with van der Waals surface area (Å²) in [4.78, 5) is 0. The summed E-state index contributed by atoms with van der Waals surface area (Å²) in [6.07, 6.45) is 1.61. The molecule has 0 aromatic carbocycles. The summed E-state index contributed by atoms with van der Waals surface area (Å²) < 4.78 is 8.94. The van der Waals surface area contributed by atoms with Gasteiger partial charge in [0.2, 0.25) is 0 Å². The van der Waals surface area contributed by atoms with E-state index in [9.17, 15) is 0 Å². The average molecular weight is 304 g/mol. The van der Waals surface area contributed by atoms with Crippen molar-refractivity contribution in [2.24, 2.45) is 0 Å². The third-order valence-corrected chi connectivity index (χ3v) is 5.19. The first kappa shape index (κ1) is 8.15. The molecule has 0 radical (unpaired) electrons. The van der Waals surface area contributed by atoms with Crippen molar-refractivity contribution in [3.05, 3.63) is 9.71 Å². The molecule has 0 saturated heterocycles. The Morgan fingerprint density at radius 2 is 1.88 bits per heavy atom. The number of allylic oxidation sites excluding steroid dienone is 1. The third-order valence-electron chi connectivity index (χ3n) is 0.658. The molecule has 0 amide bonds. The first-order valence-electron chi connectivity index (χ1n) is 2.63. The Labute approximate surface area is 55.7 Å². The minimum absolute atomic E-state index is 1.61. The predicted molar refractivity (Wildman–Crippen MR) is 38.1 cm³/mol. The van der Waals surface area contributed by atoms with Crippen LogP contribution >= 0.6 is 0 Å². The van der Waals surface area contributed by atoms with Gasteiger partial charge in [0.15, 0.2) is 0 Å². The van der Waals surface area contributed by atoms with Crippen molar-refractivity contribution < 1.29 is 0 Å². The summed E-state index contributed by atoms with van der Waals surface area (Å²) in [6, 6.07) is 2.00. The van der Waals surface area contributed by atoms with Crippen molar-refractivity contribution in [3.8, 4) is 6.07 Å². The van der Waals surface area contributed by atoms with E-state index < -0.39 is 21.2 Å². The molecule has 44 valence electrons. The topological polar surface area (TPSA) is 23.8 Å². The second-order valence-corrected chi connectivity index (χ2v) is 22.5. The van der Waals surface area contributed by atoms with Gasteiger partial charge in [-0.3, -0.25) is 0 Å². The first-order chi connectivity index (χ1) is 3.56. The maximum absolute atomic E-state index is 8.13. The van der Waals surface area contributed by atoms with E-state index in [1.807, 2.05) is 6.07 Å². The molecular weight excluding hydrogens is 293 g/mol. The molecule has 1 nitrogen and oxygen atoms in total. The number of rotatable bonds is 1. The van der Waals surface area contributed by atoms with Crippen molar-refractivity contribution in [1.29, 1.82) is 5.26 Å². The Balaban J connectivity index is 3.75. The SMILES string of the molecule is [CH3][Pb]([CH3])([CH3])/[CH]=C\C#N. The summed E-state index contributed by atoms with van der Waals surface area (Å²) in [5, 5.41) is 8.13. The molecule has 2 heteroatoms. The van der Waals surface area contributed by atoms with E-state index in [1.54, 1.807) is 6.08 Å². The zero-order chi connectivity index (χ0) is 6.62. The molecule has 0 spiro atoms. The van der Waals surface area contributed by atoms with Crippen molar-refractivity contribution in [2.45, 2.75) is 13.4 Å². The Morgan fingerprint density at radius 3 is 2.00 bits per heavy atom. The van der Waals surface area contributed by atoms with Crippen molar-refractivity contribution in [2.75, 3.05) is 0 Å². The van der Waals surface area contributed by atoms with Gasteiger partial charge in [-0.2, -0.15) is 0 Å². The van der Waals surface area contributed by atoms with Gasteiger partial charge in [0.05, 0.1) is 0 Å². The molecule has 0 aliphatic rings. The van der Waals surface area contributed by atoms with Crippen LogP contribution in [0.1, 0.15) is 0 Å². The molecule has 0 fully saturated rings. The van der Waals surface area contributed by atoms with E-state index in [0.29, 0.717) is 0 Å². The normalized spacial score (nSPS) is 11.8. The molecule has 8 heavy (non-hydrogen) atoms. The zero-order valence-corrected chi connectivity index (χ0v) is 9.49. The summed E-state index contributed by atoms with van der Waals surface area (Å²) in [6.45, 7) is 0. The van der Waals surface area contributed by atoms with Crippen LogP contribution in [0.4, 0.5) is 0 Å². The number of nitrogens with zero attached hydrogens (tertiary/aromatic N) is 1. The second kappa shape index (κ2) is 3.23. The van der Waals surface area contributed by atoms with Crippen LogP contribution in [0.5, 0.6) is 0 Å². The summed E-state index contributed by atoms with van der Waals surface area (Å²) in [5.74, 6) is 0. The van der Waals surface area contributed by atoms with E-state index in [2.05, 4.69) is 17.1 Å². The van der Waals surface area contributed by atoms with Crippen LogP contribution in [0.3, 0.4) is 0 Å². The fourth-order valence-corrected chi connectivity index (χ4v) is 2.52. The van der Waals surface area contributed by atoms with Gasteiger partial charge in [-0.25, -0.2) is 0 Å². The van der Waals surface area contributed by atoms with Gasteiger partial charge in [0, 0.05) is 0 Å². The fourth-order valence-electron chi connectivity index (χ4n) is 0.287. The Morgan fingerprint density at radius 1 is 1.38 bits per heavy atom. The molecule has 0 saturated carbocycles. The third kappa shape index (κ3) is 6.15. The van der Waals surface area contributed by atoms with E-state index >= 15 is 0 Å². The average Bonchev–Trinajstić information content (AvgIpc) is 1.59. The van der Waals surface area contributed by atoms with Gasteiger partial charge >= 0.3 is 55.7 Å². The van der Waals surface area contributed by atoms with Gasteiger partial charge in [-0.05, 0) is 0 Å². The van der Waals surface area contributed by atoms with Crippen molar-refractivity contribution in [3.63, 3.8) is 0 Å². The molecular formula is C6H11NPb. The van der Waals surface area contributed by atoms with E-state index in [1.165, 1.54) is 0 Å². The Kier molecular flexibility index (Phi) is 3.29. The molecule has 0 rings (SSSR count). The Bertz CT molecular complexity index is 124. The van der Waals surface area contributed by atoms with Crippen molar-refractivity contribution >= 4 is 21.2 Å². The van der Waals surface area contributed by atoms with Gasteiger partial charge in [0.25, 0.3) is 0 Å². The standard InChI is InChI=1S/C3H2N.3CH3.Pb/c1-2-3-4;;;;/h1-2H;3*1H3;. The fraction of sp³-hybridized carbons (Fsp3) is 0.500. The summed E-state index contributed by atoms with van der Waals surface area (Å²) in [7, 11) is 0. The van der Waals surface area contributed by atoms with Crippen LogP contribution in [0.25, 0.3) is 0 Å². The maximum atomic E-state index is 8.13. The van der Waals surface area contributed by atoms with Gasteiger partial charge in [0.1, 0.15) is 0 Å². The molecule has 0 atom stereocenters. The van der Waals surface area contributed by atoms with Crippen LogP contribution in [0.2, 0.25) is 13.4 Å². The molecule has 0 aromatic heterocycles. The zero-order valence-electron chi connectivity index (χ0n) is 5.60. The molecule has 0 aliphatic carbocycles. The van der Waals surface area contributed by atoms with E-state index in [0.717, 1.165) is 0 Å². The summed E-state index contributed by atoms with van der Waals surface area (Å²) in [5.41, 5.74) is 0. The van der Waals surface area contributed by atoms with Gasteiger partial charge in [-0.15, -0.1) is 0 Å². The molecule has 0 bridgehead atoms. The van der Waals surface area contributed by atoms with Crippen LogP contribution < -0.4 is 0 Å². The second-order valence-electron chi connectivity index (χ2n) is 2.83. The molecule has 0 aliphatic heterocycles. The molecule has 0 heterocycles. The summed E-state index contributed by atoms with van der Waals surface area (Å²) >= 11 is -1.82. The Hall–Kier alpha value is 0.152. The number of hydrogen-bond donors (Lipinski definition) is 0. The first-order valence-corrected chi connectivity index (χ1v) is 16.5. The molecule has 0 N–H and O–H groups in total. The van der Waals surface area contributed by atoms with E-state index in [-0.39, 0.29) is 0 Å². The monoisotopic (exact) mass is 305 g/mol. The van der Waals surface area contributed by atoms with Crippen LogP contribution in [0, 0.1) is 11.3 Å². The van der Waals surface area contributed by atoms with E-state index in [4.69, 9.17) is 5.26 Å². The minimum atomic E-state index is -1.82. The predicted octanol–water partition coefficient (Wildman–Crippen LogP) is 1.94. The molecule has 0 unspecified atom stereocenters. The van der Waals surface area contributed by atoms with Crippen molar-refractivity contribution in [1.82, 2.24) is 0 Å².